The van der Waals surface area contributed by atoms with Crippen LogP contribution in [0.4, 0.5) is 5.69 Å². The lowest BCUT2D eigenvalue weighted by atomic mass is 10.2. The number of ether oxygens (including phenoxy) is 1. The number of aliphatic carboxylic acids is 1. The highest BCUT2D eigenvalue weighted by Gasteiger charge is 2.13. The van der Waals surface area contributed by atoms with Gasteiger partial charge in [-0.25, -0.2) is 4.79 Å². The number of carbonyl (C=O) groups is 1. The third-order valence-corrected chi connectivity index (χ3v) is 2.71. The van der Waals surface area contributed by atoms with Crippen molar-refractivity contribution in [3.8, 4) is 5.75 Å². The first kappa shape index (κ1) is 15.3. The summed E-state index contributed by atoms with van der Waals surface area (Å²) < 4.78 is 5.56. The number of rotatable bonds is 8. The summed E-state index contributed by atoms with van der Waals surface area (Å²) >= 11 is 0. The summed E-state index contributed by atoms with van der Waals surface area (Å²) in [5.41, 5.74) is 0.786. The van der Waals surface area contributed by atoms with E-state index < -0.39 is 12.0 Å². The van der Waals surface area contributed by atoms with Crippen molar-refractivity contribution in [2.45, 2.75) is 19.4 Å². The van der Waals surface area contributed by atoms with E-state index >= 15 is 0 Å². The lowest BCUT2D eigenvalue weighted by Gasteiger charge is -2.14. The van der Waals surface area contributed by atoms with E-state index in [0.29, 0.717) is 13.0 Å². The van der Waals surface area contributed by atoms with Crippen molar-refractivity contribution >= 4 is 11.7 Å². The Morgan fingerprint density at radius 2 is 2.00 bits per heavy atom. The minimum atomic E-state index is -0.839. The van der Waals surface area contributed by atoms with Crippen LogP contribution in [-0.2, 0) is 4.79 Å². The van der Waals surface area contributed by atoms with E-state index in [1.807, 2.05) is 45.3 Å². The zero-order chi connectivity index (χ0) is 14.3. The molecule has 5 heteroatoms. The average Bonchev–Trinajstić information content (AvgIpc) is 2.37. The number of anilines is 1. The molecule has 1 aromatic rings. The molecule has 0 aromatic heterocycles. The molecule has 5 nitrogen and oxygen atoms in total. The molecule has 19 heavy (non-hydrogen) atoms. The molecule has 1 aromatic carbocycles. The topological polar surface area (TPSA) is 61.8 Å². The largest absolute Gasteiger partial charge is 0.492 e. The summed E-state index contributed by atoms with van der Waals surface area (Å²) in [6.07, 6.45) is 0.538. The Labute approximate surface area is 114 Å². The third-order valence-electron chi connectivity index (χ3n) is 2.71. The van der Waals surface area contributed by atoms with Crippen molar-refractivity contribution in [2.75, 3.05) is 32.6 Å². The molecule has 0 radical (unpaired) electrons. The summed E-state index contributed by atoms with van der Waals surface area (Å²) in [7, 11) is 3.99. The van der Waals surface area contributed by atoms with Crippen molar-refractivity contribution < 1.29 is 14.6 Å². The van der Waals surface area contributed by atoms with E-state index in [1.165, 1.54) is 0 Å². The SMILES string of the molecule is CCC(Nc1ccc(OCCN(C)C)cc1)C(=O)O. The highest BCUT2D eigenvalue weighted by Crippen LogP contribution is 2.17. The molecule has 2 N–H and O–H groups in total. The maximum Gasteiger partial charge on any atom is 0.326 e. The Bertz CT molecular complexity index is 390. The van der Waals surface area contributed by atoms with E-state index in [9.17, 15) is 4.79 Å². The highest BCUT2D eigenvalue weighted by atomic mass is 16.5. The van der Waals surface area contributed by atoms with Gasteiger partial charge in [0.15, 0.2) is 0 Å². The molecule has 1 atom stereocenters. The Hall–Kier alpha value is -1.75. The minimum Gasteiger partial charge on any atom is -0.492 e. The monoisotopic (exact) mass is 266 g/mol. The van der Waals surface area contributed by atoms with Crippen LogP contribution in [0.3, 0.4) is 0 Å². The summed E-state index contributed by atoms with van der Waals surface area (Å²) in [6.45, 7) is 3.33. The van der Waals surface area contributed by atoms with Gasteiger partial charge in [-0.15, -0.1) is 0 Å². The van der Waals surface area contributed by atoms with E-state index in [1.54, 1.807) is 0 Å². The van der Waals surface area contributed by atoms with Gasteiger partial charge in [-0.3, -0.25) is 0 Å². The quantitative estimate of drug-likeness (QED) is 0.752. The molecule has 0 aliphatic carbocycles. The van der Waals surface area contributed by atoms with E-state index in [4.69, 9.17) is 9.84 Å². The predicted octanol–water partition coefficient (Wildman–Crippen LogP) is 1.90. The first-order valence-electron chi connectivity index (χ1n) is 6.40. The van der Waals surface area contributed by atoms with Crippen molar-refractivity contribution in [3.05, 3.63) is 24.3 Å². The second kappa shape index (κ2) is 7.63. The van der Waals surface area contributed by atoms with Gasteiger partial charge in [0.05, 0.1) is 0 Å². The van der Waals surface area contributed by atoms with Gasteiger partial charge in [0, 0.05) is 12.2 Å². The van der Waals surface area contributed by atoms with Crippen LogP contribution in [0.15, 0.2) is 24.3 Å². The van der Waals surface area contributed by atoms with Crippen LogP contribution in [0.5, 0.6) is 5.75 Å². The Kier molecular flexibility index (Phi) is 6.15. The van der Waals surface area contributed by atoms with Gasteiger partial charge in [-0.1, -0.05) is 6.92 Å². The molecule has 0 fully saturated rings. The number of carboxylic acids is 1. The predicted molar refractivity (Wildman–Crippen MR) is 75.8 cm³/mol. The normalized spacial score (nSPS) is 12.2. The number of carboxylic acid groups (broad SMARTS) is 1. The van der Waals surface area contributed by atoms with Gasteiger partial charge in [0.1, 0.15) is 18.4 Å². The number of nitrogens with one attached hydrogen (secondary N) is 1. The fraction of sp³-hybridized carbons (Fsp3) is 0.500. The zero-order valence-electron chi connectivity index (χ0n) is 11.7. The molecular weight excluding hydrogens is 244 g/mol. The number of likely N-dealkylation sites (N-methyl/N-ethyl adjacent to an activating group) is 1. The molecule has 0 bridgehead atoms. The van der Waals surface area contributed by atoms with Gasteiger partial charge in [0.2, 0.25) is 0 Å². The van der Waals surface area contributed by atoms with Gasteiger partial charge in [0.25, 0.3) is 0 Å². The molecule has 1 rings (SSSR count). The Balaban J connectivity index is 2.49. The third kappa shape index (κ3) is 5.61. The maximum absolute atomic E-state index is 10.9. The van der Waals surface area contributed by atoms with E-state index in [-0.39, 0.29) is 0 Å². The van der Waals surface area contributed by atoms with E-state index in [0.717, 1.165) is 18.0 Å². The molecule has 1 unspecified atom stereocenters. The van der Waals surface area contributed by atoms with Gasteiger partial charge in [-0.05, 0) is 44.8 Å². The molecule has 0 amide bonds. The van der Waals surface area contributed by atoms with Gasteiger partial charge >= 0.3 is 5.97 Å². The van der Waals surface area contributed by atoms with Crippen LogP contribution in [0.2, 0.25) is 0 Å². The second-order valence-corrected chi connectivity index (χ2v) is 4.62. The van der Waals surface area contributed by atoms with Crippen LogP contribution in [-0.4, -0.2) is 49.3 Å². The number of nitrogens with zero attached hydrogens (tertiary/aromatic N) is 1. The summed E-state index contributed by atoms with van der Waals surface area (Å²) in [6, 6.07) is 6.78. The van der Waals surface area contributed by atoms with Crippen LogP contribution in [0.25, 0.3) is 0 Å². The first-order valence-corrected chi connectivity index (χ1v) is 6.40. The lowest BCUT2D eigenvalue weighted by molar-refractivity contribution is -0.137. The summed E-state index contributed by atoms with van der Waals surface area (Å²) in [5, 5.41) is 11.9. The first-order chi connectivity index (χ1) is 9.02. The van der Waals surface area contributed by atoms with Crippen LogP contribution < -0.4 is 10.1 Å². The maximum atomic E-state index is 10.9. The summed E-state index contributed by atoms with van der Waals surface area (Å²) in [5.74, 6) is -0.0513. The van der Waals surface area contributed by atoms with E-state index in [2.05, 4.69) is 10.2 Å². The minimum absolute atomic E-state index is 0.538. The number of hydrogen-bond donors (Lipinski definition) is 2. The van der Waals surface area contributed by atoms with Crippen LogP contribution >= 0.6 is 0 Å². The smallest absolute Gasteiger partial charge is 0.326 e. The molecule has 106 valence electrons. The van der Waals surface area contributed by atoms with Crippen LogP contribution in [0.1, 0.15) is 13.3 Å². The van der Waals surface area contributed by atoms with Gasteiger partial charge < -0.3 is 20.1 Å². The standard InChI is InChI=1S/C14H22N2O3/c1-4-13(14(17)18)15-11-5-7-12(8-6-11)19-10-9-16(2)3/h5-8,13,15H,4,9-10H2,1-3H3,(H,17,18). The van der Waals surface area contributed by atoms with Crippen molar-refractivity contribution in [1.29, 1.82) is 0 Å². The summed E-state index contributed by atoms with van der Waals surface area (Å²) in [4.78, 5) is 13.0. The fourth-order valence-electron chi connectivity index (χ4n) is 1.53. The molecule has 0 saturated heterocycles. The average molecular weight is 266 g/mol. The van der Waals surface area contributed by atoms with Crippen molar-refractivity contribution in [3.63, 3.8) is 0 Å². The van der Waals surface area contributed by atoms with Crippen LogP contribution in [0, 0.1) is 0 Å². The highest BCUT2D eigenvalue weighted by molar-refractivity contribution is 5.77. The van der Waals surface area contributed by atoms with Gasteiger partial charge in [-0.2, -0.15) is 0 Å². The lowest BCUT2D eigenvalue weighted by Crippen LogP contribution is -2.28. The molecular formula is C14H22N2O3. The van der Waals surface area contributed by atoms with Crippen molar-refractivity contribution in [1.82, 2.24) is 4.90 Å². The Morgan fingerprint density at radius 3 is 2.47 bits per heavy atom. The zero-order valence-corrected chi connectivity index (χ0v) is 11.7. The number of benzene rings is 1. The molecule has 0 heterocycles. The van der Waals surface area contributed by atoms with Crippen molar-refractivity contribution in [2.24, 2.45) is 0 Å². The second-order valence-electron chi connectivity index (χ2n) is 4.62. The molecule has 0 spiro atoms. The molecule has 0 saturated carbocycles. The Morgan fingerprint density at radius 1 is 1.37 bits per heavy atom. The number of hydrogen-bond acceptors (Lipinski definition) is 4. The fourth-order valence-corrected chi connectivity index (χ4v) is 1.53. The molecule has 0 aliphatic heterocycles. The molecule has 0 aliphatic rings.